The van der Waals surface area contributed by atoms with Gasteiger partial charge in [0.1, 0.15) is 5.82 Å². The number of hydrogen-bond donors (Lipinski definition) is 2. The standard InChI is InChI=1S/C19H17N7O3/c1-11-13(9-20-26(11)16-7-8-17(27)24-23-16)19(29)25(2)10-15-21-14-6-4-3-5-12(14)18(28)22-15/h3-9H,10H2,1-2H3,(H,24,27)(H,21,22,28). The van der Waals surface area contributed by atoms with Crippen molar-refractivity contribution in [3.05, 3.63) is 80.4 Å². The fraction of sp³-hybridized carbons (Fsp3) is 0.158. The first-order valence-corrected chi connectivity index (χ1v) is 8.78. The molecule has 1 amide bonds. The van der Waals surface area contributed by atoms with Crippen LogP contribution in [0.15, 0.2) is 52.2 Å². The third-order valence-electron chi connectivity index (χ3n) is 4.52. The van der Waals surface area contributed by atoms with E-state index in [-0.39, 0.29) is 23.6 Å². The van der Waals surface area contributed by atoms with Crippen molar-refractivity contribution in [1.82, 2.24) is 34.8 Å². The second-order valence-electron chi connectivity index (χ2n) is 6.53. The van der Waals surface area contributed by atoms with Crippen molar-refractivity contribution in [2.24, 2.45) is 0 Å². The lowest BCUT2D eigenvalue weighted by atomic mass is 10.2. The van der Waals surface area contributed by atoms with E-state index in [0.29, 0.717) is 33.8 Å². The number of benzene rings is 1. The highest BCUT2D eigenvalue weighted by Gasteiger charge is 2.20. The van der Waals surface area contributed by atoms with E-state index in [1.165, 1.54) is 27.9 Å². The molecule has 1 aromatic carbocycles. The SMILES string of the molecule is Cc1c(C(=O)N(C)Cc2nc3ccccc3c(=O)[nH]2)cnn1-c1ccc(=O)[nH]n1. The minimum atomic E-state index is -0.327. The molecule has 146 valence electrons. The quantitative estimate of drug-likeness (QED) is 0.529. The lowest BCUT2D eigenvalue weighted by Crippen LogP contribution is -2.28. The fourth-order valence-corrected chi connectivity index (χ4v) is 3.02. The van der Waals surface area contributed by atoms with Crippen LogP contribution in [0.1, 0.15) is 21.9 Å². The van der Waals surface area contributed by atoms with Crippen LogP contribution in [-0.4, -0.2) is 47.8 Å². The van der Waals surface area contributed by atoms with Gasteiger partial charge in [0.05, 0.1) is 34.9 Å². The van der Waals surface area contributed by atoms with E-state index in [9.17, 15) is 14.4 Å². The summed E-state index contributed by atoms with van der Waals surface area (Å²) < 4.78 is 1.47. The number of H-pyrrole nitrogens is 2. The van der Waals surface area contributed by atoms with Crippen molar-refractivity contribution >= 4 is 16.8 Å². The molecule has 0 bridgehead atoms. The number of aromatic nitrogens is 6. The summed E-state index contributed by atoms with van der Waals surface area (Å²) in [6.45, 7) is 1.86. The molecule has 0 fully saturated rings. The largest absolute Gasteiger partial charge is 0.334 e. The molecule has 4 aromatic rings. The molecule has 0 atom stereocenters. The summed E-state index contributed by atoms with van der Waals surface area (Å²) in [5.41, 5.74) is 0.941. The van der Waals surface area contributed by atoms with E-state index >= 15 is 0 Å². The van der Waals surface area contributed by atoms with Gasteiger partial charge in [-0.15, -0.1) is 0 Å². The molecule has 0 aliphatic carbocycles. The second-order valence-corrected chi connectivity index (χ2v) is 6.53. The van der Waals surface area contributed by atoms with Crippen molar-refractivity contribution in [3.63, 3.8) is 0 Å². The van der Waals surface area contributed by atoms with Crippen LogP contribution in [0, 0.1) is 6.92 Å². The minimum Gasteiger partial charge on any atom is -0.334 e. The fourth-order valence-electron chi connectivity index (χ4n) is 3.02. The normalized spacial score (nSPS) is 11.0. The third kappa shape index (κ3) is 3.43. The van der Waals surface area contributed by atoms with Crippen LogP contribution in [0.5, 0.6) is 0 Å². The van der Waals surface area contributed by atoms with E-state index in [0.717, 1.165) is 0 Å². The molecule has 0 saturated carbocycles. The number of aromatic amines is 2. The maximum absolute atomic E-state index is 12.9. The first-order chi connectivity index (χ1) is 13.9. The molecule has 2 N–H and O–H groups in total. The molecule has 0 radical (unpaired) electrons. The lowest BCUT2D eigenvalue weighted by molar-refractivity contribution is 0.0781. The molecule has 10 nitrogen and oxygen atoms in total. The Hall–Kier alpha value is -4.08. The Morgan fingerprint density at radius 2 is 1.97 bits per heavy atom. The van der Waals surface area contributed by atoms with E-state index < -0.39 is 0 Å². The minimum absolute atomic E-state index is 0.125. The molecule has 3 aromatic heterocycles. The van der Waals surface area contributed by atoms with Gasteiger partial charge in [-0.3, -0.25) is 14.4 Å². The van der Waals surface area contributed by atoms with Gasteiger partial charge in [-0.05, 0) is 25.1 Å². The van der Waals surface area contributed by atoms with Crippen molar-refractivity contribution < 1.29 is 4.79 Å². The number of carbonyl (C=O) groups excluding carboxylic acids is 1. The zero-order valence-electron chi connectivity index (χ0n) is 15.7. The Bertz CT molecular complexity index is 1320. The van der Waals surface area contributed by atoms with Gasteiger partial charge in [-0.25, -0.2) is 14.8 Å². The van der Waals surface area contributed by atoms with Gasteiger partial charge in [0.2, 0.25) is 0 Å². The second kappa shape index (κ2) is 7.15. The van der Waals surface area contributed by atoms with Crippen LogP contribution < -0.4 is 11.1 Å². The van der Waals surface area contributed by atoms with Crippen LogP contribution in [0.4, 0.5) is 0 Å². The van der Waals surface area contributed by atoms with Gasteiger partial charge in [-0.2, -0.15) is 10.2 Å². The zero-order valence-corrected chi connectivity index (χ0v) is 15.7. The molecule has 0 aliphatic rings. The Morgan fingerprint density at radius 3 is 2.72 bits per heavy atom. The summed E-state index contributed by atoms with van der Waals surface area (Å²) >= 11 is 0. The van der Waals surface area contributed by atoms with Crippen molar-refractivity contribution in [1.29, 1.82) is 0 Å². The third-order valence-corrected chi connectivity index (χ3v) is 4.52. The first kappa shape index (κ1) is 18.3. The predicted molar refractivity (Wildman–Crippen MR) is 105 cm³/mol. The van der Waals surface area contributed by atoms with Crippen LogP contribution in [0.3, 0.4) is 0 Å². The molecule has 4 rings (SSSR count). The molecular formula is C19H17N7O3. The highest BCUT2D eigenvalue weighted by molar-refractivity contribution is 5.95. The molecule has 0 spiro atoms. The monoisotopic (exact) mass is 391 g/mol. The van der Waals surface area contributed by atoms with Crippen LogP contribution in [0.2, 0.25) is 0 Å². The van der Waals surface area contributed by atoms with E-state index in [4.69, 9.17) is 0 Å². The highest BCUT2D eigenvalue weighted by Crippen LogP contribution is 2.14. The maximum Gasteiger partial charge on any atom is 0.264 e. The number of nitrogens with zero attached hydrogens (tertiary/aromatic N) is 5. The topological polar surface area (TPSA) is 130 Å². The van der Waals surface area contributed by atoms with E-state index in [1.54, 1.807) is 38.2 Å². The van der Waals surface area contributed by atoms with Crippen molar-refractivity contribution in [3.8, 4) is 5.82 Å². The van der Waals surface area contributed by atoms with Crippen LogP contribution >= 0.6 is 0 Å². The zero-order chi connectivity index (χ0) is 20.5. The van der Waals surface area contributed by atoms with E-state index in [1.807, 2.05) is 0 Å². The molecule has 29 heavy (non-hydrogen) atoms. The Labute approximate surface area is 163 Å². The molecule has 0 aliphatic heterocycles. The predicted octanol–water partition coefficient (Wildman–Crippen LogP) is 0.773. The molecular weight excluding hydrogens is 374 g/mol. The molecule has 10 heteroatoms. The number of fused-ring (bicyclic) bond motifs is 1. The Balaban J connectivity index is 1.59. The number of nitrogens with one attached hydrogen (secondary N) is 2. The highest BCUT2D eigenvalue weighted by atomic mass is 16.2. The van der Waals surface area contributed by atoms with Crippen LogP contribution in [0.25, 0.3) is 16.7 Å². The van der Waals surface area contributed by atoms with Gasteiger partial charge in [0.15, 0.2) is 5.82 Å². The Kier molecular flexibility index (Phi) is 4.51. The summed E-state index contributed by atoms with van der Waals surface area (Å²) in [7, 11) is 1.62. The van der Waals surface area contributed by atoms with Gasteiger partial charge in [0, 0.05) is 13.1 Å². The summed E-state index contributed by atoms with van der Waals surface area (Å²) in [5, 5.41) is 10.9. The van der Waals surface area contributed by atoms with Crippen LogP contribution in [-0.2, 0) is 6.54 Å². The number of rotatable bonds is 4. The smallest absolute Gasteiger partial charge is 0.264 e. The lowest BCUT2D eigenvalue weighted by Gasteiger charge is -2.16. The average Bonchev–Trinajstić information content (AvgIpc) is 3.09. The van der Waals surface area contributed by atoms with E-state index in [2.05, 4.69) is 25.3 Å². The molecule has 0 saturated heterocycles. The number of carbonyl (C=O) groups is 1. The molecule has 0 unspecified atom stereocenters. The summed E-state index contributed by atoms with van der Waals surface area (Å²) in [4.78, 5) is 44.9. The summed E-state index contributed by atoms with van der Waals surface area (Å²) in [5.74, 6) is 0.496. The maximum atomic E-state index is 12.9. The molecule has 3 heterocycles. The summed E-state index contributed by atoms with van der Waals surface area (Å²) in [6.07, 6.45) is 1.44. The first-order valence-electron chi connectivity index (χ1n) is 8.78. The van der Waals surface area contributed by atoms with Crippen molar-refractivity contribution in [2.75, 3.05) is 7.05 Å². The number of para-hydroxylation sites is 1. The number of hydrogen-bond acceptors (Lipinski definition) is 6. The van der Waals surface area contributed by atoms with Gasteiger partial charge in [-0.1, -0.05) is 12.1 Å². The average molecular weight is 391 g/mol. The Morgan fingerprint density at radius 1 is 1.17 bits per heavy atom. The van der Waals surface area contributed by atoms with Gasteiger partial charge >= 0.3 is 0 Å². The van der Waals surface area contributed by atoms with Crippen molar-refractivity contribution in [2.45, 2.75) is 13.5 Å². The van der Waals surface area contributed by atoms with Gasteiger partial charge in [0.25, 0.3) is 17.0 Å². The summed E-state index contributed by atoms with van der Waals surface area (Å²) in [6, 6.07) is 9.87. The number of amides is 1. The van der Waals surface area contributed by atoms with Gasteiger partial charge < -0.3 is 9.88 Å².